The highest BCUT2D eigenvalue weighted by Gasteiger charge is 2.27. The molecule has 0 aromatic rings. The monoisotopic (exact) mass is 212 g/mol. The molecule has 0 aromatic heterocycles. The molecule has 2 heteroatoms. The largest absolute Gasteiger partial charge is 0.396 e. The maximum Gasteiger partial charge on any atom is 0.0468 e. The van der Waals surface area contributed by atoms with Gasteiger partial charge in [-0.05, 0) is 37.0 Å². The second-order valence-electron chi connectivity index (χ2n) is 5.28. The lowest BCUT2D eigenvalue weighted by Gasteiger charge is -2.28. The fraction of sp³-hybridized carbons (Fsp3) is 1.00. The normalized spacial score (nSPS) is 27.0. The fourth-order valence-corrected chi connectivity index (χ4v) is 3.26. The van der Waals surface area contributed by atoms with E-state index in [0.717, 1.165) is 25.0 Å². The van der Waals surface area contributed by atoms with E-state index in [1.807, 2.05) is 0 Å². The molecule has 1 aliphatic heterocycles. The van der Waals surface area contributed by atoms with E-state index >= 15 is 0 Å². The van der Waals surface area contributed by atoms with E-state index in [1.165, 1.54) is 44.9 Å². The Morgan fingerprint density at radius 3 is 2.33 bits per heavy atom. The van der Waals surface area contributed by atoms with Crippen molar-refractivity contribution >= 4 is 0 Å². The SMILES string of the molecule is OCC(CC1CCOCC1)C1CCCC1. The van der Waals surface area contributed by atoms with Gasteiger partial charge in [-0.2, -0.15) is 0 Å². The minimum atomic E-state index is 0.405. The summed E-state index contributed by atoms with van der Waals surface area (Å²) in [5.74, 6) is 2.21. The predicted octanol–water partition coefficient (Wildman–Crippen LogP) is 2.60. The third kappa shape index (κ3) is 3.18. The number of aliphatic hydroxyl groups is 1. The summed E-state index contributed by atoms with van der Waals surface area (Å²) >= 11 is 0. The molecular formula is C13H24O2. The first-order valence-electron chi connectivity index (χ1n) is 6.58. The van der Waals surface area contributed by atoms with Crippen LogP contribution in [0.5, 0.6) is 0 Å². The zero-order valence-corrected chi connectivity index (χ0v) is 9.66. The van der Waals surface area contributed by atoms with Crippen molar-refractivity contribution in [2.75, 3.05) is 19.8 Å². The molecule has 1 atom stereocenters. The summed E-state index contributed by atoms with van der Waals surface area (Å²) in [5, 5.41) is 9.49. The van der Waals surface area contributed by atoms with Crippen LogP contribution in [-0.2, 0) is 4.74 Å². The van der Waals surface area contributed by atoms with Gasteiger partial charge >= 0.3 is 0 Å². The molecule has 0 spiro atoms. The van der Waals surface area contributed by atoms with Gasteiger partial charge in [-0.25, -0.2) is 0 Å². The van der Waals surface area contributed by atoms with Gasteiger partial charge in [0, 0.05) is 19.8 Å². The van der Waals surface area contributed by atoms with Gasteiger partial charge < -0.3 is 9.84 Å². The number of rotatable bonds is 4. The number of hydrogen-bond acceptors (Lipinski definition) is 2. The number of ether oxygens (including phenoxy) is 1. The van der Waals surface area contributed by atoms with Crippen molar-refractivity contribution in [1.29, 1.82) is 0 Å². The third-order valence-corrected chi connectivity index (χ3v) is 4.28. The Kier molecular flexibility index (Phi) is 4.45. The van der Waals surface area contributed by atoms with Crippen LogP contribution < -0.4 is 0 Å². The van der Waals surface area contributed by atoms with Gasteiger partial charge in [0.15, 0.2) is 0 Å². The van der Waals surface area contributed by atoms with Crippen LogP contribution in [0, 0.1) is 17.8 Å². The molecule has 0 aromatic carbocycles. The molecule has 2 nitrogen and oxygen atoms in total. The quantitative estimate of drug-likeness (QED) is 0.776. The Labute approximate surface area is 93.0 Å². The van der Waals surface area contributed by atoms with Gasteiger partial charge in [-0.1, -0.05) is 25.7 Å². The molecule has 0 amide bonds. The van der Waals surface area contributed by atoms with Crippen molar-refractivity contribution in [2.45, 2.75) is 44.9 Å². The van der Waals surface area contributed by atoms with Crippen LogP contribution in [0.15, 0.2) is 0 Å². The minimum absolute atomic E-state index is 0.405. The summed E-state index contributed by atoms with van der Waals surface area (Å²) in [7, 11) is 0. The van der Waals surface area contributed by atoms with Crippen molar-refractivity contribution in [2.24, 2.45) is 17.8 Å². The second kappa shape index (κ2) is 5.86. The van der Waals surface area contributed by atoms with Gasteiger partial charge in [-0.3, -0.25) is 0 Å². The van der Waals surface area contributed by atoms with Gasteiger partial charge in [-0.15, -0.1) is 0 Å². The summed E-state index contributed by atoms with van der Waals surface area (Å²) in [6.45, 7) is 2.28. The molecule has 15 heavy (non-hydrogen) atoms. The molecule has 2 fully saturated rings. The van der Waals surface area contributed by atoms with E-state index in [4.69, 9.17) is 4.74 Å². The zero-order valence-electron chi connectivity index (χ0n) is 9.66. The van der Waals surface area contributed by atoms with Gasteiger partial charge in [0.25, 0.3) is 0 Å². The second-order valence-corrected chi connectivity index (χ2v) is 5.28. The van der Waals surface area contributed by atoms with Crippen LogP contribution in [-0.4, -0.2) is 24.9 Å². The van der Waals surface area contributed by atoms with Crippen LogP contribution in [0.2, 0.25) is 0 Å². The first kappa shape index (κ1) is 11.4. The molecule has 1 heterocycles. The average molecular weight is 212 g/mol. The summed E-state index contributed by atoms with van der Waals surface area (Å²) in [5.41, 5.74) is 0. The predicted molar refractivity (Wildman–Crippen MR) is 60.7 cm³/mol. The number of hydrogen-bond donors (Lipinski definition) is 1. The summed E-state index contributed by atoms with van der Waals surface area (Å²) in [6.07, 6.45) is 9.14. The molecule has 88 valence electrons. The van der Waals surface area contributed by atoms with Crippen molar-refractivity contribution in [1.82, 2.24) is 0 Å². The van der Waals surface area contributed by atoms with Gasteiger partial charge in [0.1, 0.15) is 0 Å². The lowest BCUT2D eigenvalue weighted by Crippen LogP contribution is -2.24. The van der Waals surface area contributed by atoms with E-state index in [1.54, 1.807) is 0 Å². The molecule has 2 aliphatic rings. The van der Waals surface area contributed by atoms with Crippen molar-refractivity contribution in [3.63, 3.8) is 0 Å². The van der Waals surface area contributed by atoms with Crippen molar-refractivity contribution < 1.29 is 9.84 Å². The molecule has 1 N–H and O–H groups in total. The average Bonchev–Trinajstić information content (AvgIpc) is 2.81. The van der Waals surface area contributed by atoms with E-state index in [0.29, 0.717) is 12.5 Å². The van der Waals surface area contributed by atoms with Crippen LogP contribution in [0.25, 0.3) is 0 Å². The van der Waals surface area contributed by atoms with Crippen molar-refractivity contribution in [3.05, 3.63) is 0 Å². The standard InChI is InChI=1S/C13H24O2/c14-10-13(12-3-1-2-4-12)9-11-5-7-15-8-6-11/h11-14H,1-10H2. The molecule has 1 saturated carbocycles. The van der Waals surface area contributed by atoms with Gasteiger partial charge in [0.05, 0.1) is 0 Å². The molecule has 0 bridgehead atoms. The Morgan fingerprint density at radius 2 is 1.73 bits per heavy atom. The van der Waals surface area contributed by atoms with Crippen LogP contribution in [0.4, 0.5) is 0 Å². The van der Waals surface area contributed by atoms with E-state index < -0.39 is 0 Å². The Morgan fingerprint density at radius 1 is 1.07 bits per heavy atom. The molecule has 1 saturated heterocycles. The maximum atomic E-state index is 9.49. The highest BCUT2D eigenvalue weighted by Crippen LogP contribution is 2.36. The van der Waals surface area contributed by atoms with Crippen LogP contribution in [0.3, 0.4) is 0 Å². The van der Waals surface area contributed by atoms with Gasteiger partial charge in [0.2, 0.25) is 0 Å². The van der Waals surface area contributed by atoms with Crippen molar-refractivity contribution in [3.8, 4) is 0 Å². The highest BCUT2D eigenvalue weighted by molar-refractivity contribution is 4.78. The first-order chi connectivity index (χ1) is 7.40. The molecular weight excluding hydrogens is 188 g/mol. The van der Waals surface area contributed by atoms with E-state index in [-0.39, 0.29) is 0 Å². The summed E-state index contributed by atoms with van der Waals surface area (Å²) < 4.78 is 5.38. The van der Waals surface area contributed by atoms with Crippen LogP contribution in [0.1, 0.15) is 44.9 Å². The molecule has 0 radical (unpaired) electrons. The first-order valence-corrected chi connectivity index (χ1v) is 6.58. The Hall–Kier alpha value is -0.0800. The molecule has 2 rings (SSSR count). The van der Waals surface area contributed by atoms with E-state index in [2.05, 4.69) is 0 Å². The lowest BCUT2D eigenvalue weighted by molar-refractivity contribution is 0.0472. The summed E-state index contributed by atoms with van der Waals surface area (Å²) in [4.78, 5) is 0. The fourth-order valence-electron chi connectivity index (χ4n) is 3.26. The third-order valence-electron chi connectivity index (χ3n) is 4.28. The lowest BCUT2D eigenvalue weighted by atomic mass is 9.81. The Bertz CT molecular complexity index is 169. The maximum absolute atomic E-state index is 9.49. The smallest absolute Gasteiger partial charge is 0.0468 e. The minimum Gasteiger partial charge on any atom is -0.396 e. The zero-order chi connectivity index (χ0) is 10.5. The molecule has 1 unspecified atom stereocenters. The highest BCUT2D eigenvalue weighted by atomic mass is 16.5. The van der Waals surface area contributed by atoms with Crippen LogP contribution >= 0.6 is 0 Å². The topological polar surface area (TPSA) is 29.5 Å². The molecule has 1 aliphatic carbocycles. The summed E-state index contributed by atoms with van der Waals surface area (Å²) in [6, 6.07) is 0. The Balaban J connectivity index is 1.78. The van der Waals surface area contributed by atoms with E-state index in [9.17, 15) is 5.11 Å². The number of aliphatic hydroxyl groups excluding tert-OH is 1.